The molecule has 0 bridgehead atoms. The van der Waals surface area contributed by atoms with E-state index in [4.69, 9.17) is 10.1 Å². The van der Waals surface area contributed by atoms with E-state index in [2.05, 4.69) is 23.4 Å². The topological polar surface area (TPSA) is 34.0 Å². The van der Waals surface area contributed by atoms with E-state index in [0.29, 0.717) is 0 Å². The summed E-state index contributed by atoms with van der Waals surface area (Å²) in [6.07, 6.45) is 4.77. The highest BCUT2D eigenvalue weighted by Crippen LogP contribution is 2.22. The molecule has 100 valence electrons. The van der Waals surface area contributed by atoms with Crippen molar-refractivity contribution in [2.24, 2.45) is 11.8 Å². The molecule has 0 aromatic carbocycles. The second-order valence-corrected chi connectivity index (χ2v) is 6.02. The monoisotopic (exact) mass is 248 g/mol. The number of rotatable bonds is 3. The van der Waals surface area contributed by atoms with Crippen molar-refractivity contribution in [3.8, 4) is 0 Å². The Morgan fingerprint density at radius 2 is 2.17 bits per heavy atom. The normalized spacial score (nSPS) is 28.6. The van der Waals surface area contributed by atoms with Crippen molar-refractivity contribution in [1.29, 1.82) is 0 Å². The van der Waals surface area contributed by atoms with Gasteiger partial charge in [0.1, 0.15) is 5.82 Å². The Bertz CT molecular complexity index is 412. The van der Waals surface area contributed by atoms with Crippen molar-refractivity contribution in [2.45, 2.75) is 46.1 Å². The zero-order valence-corrected chi connectivity index (χ0v) is 11.6. The highest BCUT2D eigenvalue weighted by molar-refractivity contribution is 4.98. The molecule has 1 fully saturated rings. The van der Waals surface area contributed by atoms with Crippen molar-refractivity contribution < 1.29 is 0 Å². The van der Waals surface area contributed by atoms with E-state index in [1.54, 1.807) is 0 Å². The lowest BCUT2D eigenvalue weighted by Gasteiger charge is -2.17. The zero-order valence-electron chi connectivity index (χ0n) is 11.6. The van der Waals surface area contributed by atoms with E-state index < -0.39 is 0 Å². The second-order valence-electron chi connectivity index (χ2n) is 6.02. The van der Waals surface area contributed by atoms with Crippen LogP contribution in [0.2, 0.25) is 0 Å². The molecule has 18 heavy (non-hydrogen) atoms. The first-order valence-electron chi connectivity index (χ1n) is 7.39. The predicted octanol–water partition coefficient (Wildman–Crippen LogP) is 1.74. The molecule has 0 aliphatic carbocycles. The summed E-state index contributed by atoms with van der Waals surface area (Å²) in [6, 6.07) is 0. The van der Waals surface area contributed by atoms with Gasteiger partial charge in [0.25, 0.3) is 0 Å². The first-order valence-corrected chi connectivity index (χ1v) is 7.39. The first kappa shape index (κ1) is 12.2. The van der Waals surface area contributed by atoms with Gasteiger partial charge in [0.05, 0.1) is 0 Å². The summed E-state index contributed by atoms with van der Waals surface area (Å²) in [6.45, 7) is 9.29. The fraction of sp³-hybridized carbons (Fsp3) is 0.857. The number of aromatic nitrogens is 3. The average Bonchev–Trinajstić information content (AvgIpc) is 2.95. The molecule has 0 saturated carbocycles. The minimum absolute atomic E-state index is 0.758. The average molecular weight is 248 g/mol. The number of fused-ring (bicyclic) bond motifs is 1. The van der Waals surface area contributed by atoms with E-state index in [-0.39, 0.29) is 0 Å². The Labute approximate surface area is 109 Å². The van der Waals surface area contributed by atoms with Gasteiger partial charge in [-0.1, -0.05) is 13.8 Å². The number of nitrogens with zero attached hydrogens (tertiary/aromatic N) is 4. The number of likely N-dealkylation sites (tertiary alicyclic amines) is 1. The van der Waals surface area contributed by atoms with Crippen LogP contribution in [-0.2, 0) is 19.4 Å². The summed E-state index contributed by atoms with van der Waals surface area (Å²) in [7, 11) is 0. The largest absolute Gasteiger partial charge is 0.303 e. The van der Waals surface area contributed by atoms with Crippen molar-refractivity contribution in [2.75, 3.05) is 19.6 Å². The van der Waals surface area contributed by atoms with Crippen molar-refractivity contribution in [1.82, 2.24) is 19.7 Å². The van der Waals surface area contributed by atoms with Gasteiger partial charge >= 0.3 is 0 Å². The molecule has 0 spiro atoms. The molecule has 2 atom stereocenters. The molecule has 1 saturated heterocycles. The van der Waals surface area contributed by atoms with Crippen LogP contribution in [0.1, 0.15) is 38.3 Å². The zero-order chi connectivity index (χ0) is 12.5. The molecule has 4 heteroatoms. The van der Waals surface area contributed by atoms with Crippen LogP contribution < -0.4 is 0 Å². The lowest BCUT2D eigenvalue weighted by Crippen LogP contribution is -2.20. The molecule has 3 heterocycles. The maximum Gasteiger partial charge on any atom is 0.151 e. The van der Waals surface area contributed by atoms with Crippen molar-refractivity contribution in [3.63, 3.8) is 0 Å². The third kappa shape index (κ3) is 2.44. The summed E-state index contributed by atoms with van der Waals surface area (Å²) in [5.41, 5.74) is 0. The van der Waals surface area contributed by atoms with Crippen molar-refractivity contribution >= 4 is 0 Å². The highest BCUT2D eigenvalue weighted by atomic mass is 15.4. The minimum Gasteiger partial charge on any atom is -0.303 e. The summed E-state index contributed by atoms with van der Waals surface area (Å²) in [5.74, 6) is 3.83. The van der Waals surface area contributed by atoms with Crippen LogP contribution in [0.5, 0.6) is 0 Å². The standard InChI is InChI=1S/C14H24N4/c1-3-17-7-6-12(10-17)8-13-15-14-5-4-11(2)9-18(14)16-13/h11-12H,3-10H2,1-2H3. The minimum atomic E-state index is 0.758. The molecule has 0 N–H and O–H groups in total. The lowest BCUT2D eigenvalue weighted by atomic mass is 10.0. The molecule has 0 radical (unpaired) electrons. The Morgan fingerprint density at radius 3 is 2.94 bits per heavy atom. The van der Waals surface area contributed by atoms with Crippen LogP contribution in [0.25, 0.3) is 0 Å². The Hall–Kier alpha value is -0.900. The second kappa shape index (κ2) is 5.00. The van der Waals surface area contributed by atoms with E-state index >= 15 is 0 Å². The molecule has 2 unspecified atom stereocenters. The van der Waals surface area contributed by atoms with Gasteiger partial charge in [0, 0.05) is 25.9 Å². The van der Waals surface area contributed by atoms with Crippen LogP contribution in [0.4, 0.5) is 0 Å². The van der Waals surface area contributed by atoms with E-state index in [1.165, 1.54) is 38.3 Å². The number of hydrogen-bond acceptors (Lipinski definition) is 3. The summed E-state index contributed by atoms with van der Waals surface area (Å²) < 4.78 is 2.15. The van der Waals surface area contributed by atoms with E-state index in [0.717, 1.165) is 37.0 Å². The maximum atomic E-state index is 4.73. The molecular weight excluding hydrogens is 224 g/mol. The van der Waals surface area contributed by atoms with Gasteiger partial charge in [-0.15, -0.1) is 0 Å². The smallest absolute Gasteiger partial charge is 0.151 e. The Morgan fingerprint density at radius 1 is 1.28 bits per heavy atom. The van der Waals surface area contributed by atoms with Crippen LogP contribution in [-0.4, -0.2) is 39.3 Å². The van der Waals surface area contributed by atoms with Gasteiger partial charge in [-0.05, 0) is 37.8 Å². The quantitative estimate of drug-likeness (QED) is 0.817. The van der Waals surface area contributed by atoms with Gasteiger partial charge in [0.2, 0.25) is 0 Å². The van der Waals surface area contributed by atoms with Gasteiger partial charge in [-0.3, -0.25) is 0 Å². The van der Waals surface area contributed by atoms with Crippen LogP contribution in [0.3, 0.4) is 0 Å². The fourth-order valence-corrected chi connectivity index (χ4v) is 3.23. The third-order valence-corrected chi connectivity index (χ3v) is 4.43. The number of hydrogen-bond donors (Lipinski definition) is 0. The molecule has 0 amide bonds. The highest BCUT2D eigenvalue weighted by Gasteiger charge is 2.24. The van der Waals surface area contributed by atoms with E-state index in [1.807, 2.05) is 0 Å². The molecule has 2 aliphatic rings. The van der Waals surface area contributed by atoms with Crippen molar-refractivity contribution in [3.05, 3.63) is 11.6 Å². The third-order valence-electron chi connectivity index (χ3n) is 4.43. The van der Waals surface area contributed by atoms with E-state index in [9.17, 15) is 0 Å². The lowest BCUT2D eigenvalue weighted by molar-refractivity contribution is 0.340. The SMILES string of the molecule is CCN1CCC(Cc2nc3n(n2)CC(C)CC3)C1. The molecule has 4 nitrogen and oxygen atoms in total. The number of aryl methyl sites for hydroxylation is 1. The van der Waals surface area contributed by atoms with Crippen LogP contribution >= 0.6 is 0 Å². The predicted molar refractivity (Wildman–Crippen MR) is 71.4 cm³/mol. The molecule has 1 aromatic rings. The van der Waals surface area contributed by atoms with Gasteiger partial charge in [0.15, 0.2) is 5.82 Å². The van der Waals surface area contributed by atoms with Crippen LogP contribution in [0.15, 0.2) is 0 Å². The molecule has 2 aliphatic heterocycles. The van der Waals surface area contributed by atoms with Gasteiger partial charge < -0.3 is 4.90 Å². The Kier molecular flexibility index (Phi) is 3.37. The summed E-state index contributed by atoms with van der Waals surface area (Å²) in [5, 5.41) is 4.70. The maximum absolute atomic E-state index is 4.73. The molecule has 3 rings (SSSR count). The Balaban J connectivity index is 1.64. The summed E-state index contributed by atoms with van der Waals surface area (Å²) >= 11 is 0. The molecular formula is C14H24N4. The van der Waals surface area contributed by atoms with Gasteiger partial charge in [-0.25, -0.2) is 9.67 Å². The fourth-order valence-electron chi connectivity index (χ4n) is 3.23. The van der Waals surface area contributed by atoms with Gasteiger partial charge in [-0.2, -0.15) is 5.10 Å². The summed E-state index contributed by atoms with van der Waals surface area (Å²) in [4.78, 5) is 7.26. The first-order chi connectivity index (χ1) is 8.74. The molecule has 1 aromatic heterocycles. The van der Waals surface area contributed by atoms with Crippen LogP contribution in [0, 0.1) is 11.8 Å².